The Kier molecular flexibility index (Phi) is 3.89. The molecule has 0 spiro atoms. The van der Waals surface area contributed by atoms with Gasteiger partial charge in [-0.25, -0.2) is 0 Å². The molecule has 1 aromatic carbocycles. The second-order valence-electron chi connectivity index (χ2n) is 2.79. The highest BCUT2D eigenvalue weighted by Crippen LogP contribution is 2.35. The summed E-state index contributed by atoms with van der Waals surface area (Å²) < 4.78 is 37.3. The normalized spacial score (nSPS) is 11.8. The summed E-state index contributed by atoms with van der Waals surface area (Å²) in [6, 6.07) is 4.23. The van der Waals surface area contributed by atoms with Gasteiger partial charge in [0.05, 0.1) is 5.56 Å². The minimum Gasteiger partial charge on any atom is -0.179 e. The third-order valence-electron chi connectivity index (χ3n) is 1.74. The van der Waals surface area contributed by atoms with Crippen molar-refractivity contribution in [2.45, 2.75) is 12.6 Å². The average Bonchev–Trinajstić information content (AvgIpc) is 2.07. The minimum absolute atomic E-state index is 0.0768. The van der Waals surface area contributed by atoms with E-state index in [0.29, 0.717) is 17.7 Å². The van der Waals surface area contributed by atoms with Crippen LogP contribution in [0.25, 0.3) is 0 Å². The van der Waals surface area contributed by atoms with Crippen molar-refractivity contribution in [3.8, 4) is 0 Å². The van der Waals surface area contributed by atoms with Gasteiger partial charge in [0.25, 0.3) is 0 Å². The summed E-state index contributed by atoms with van der Waals surface area (Å²) in [5, 5.41) is 0. The first-order chi connectivity index (χ1) is 6.45. The fourth-order valence-corrected chi connectivity index (χ4v) is 1.80. The Morgan fingerprint density at radius 1 is 1.29 bits per heavy atom. The van der Waals surface area contributed by atoms with Crippen LogP contribution in [0.3, 0.4) is 0 Å². The third kappa shape index (κ3) is 2.92. The molecule has 0 heterocycles. The summed E-state index contributed by atoms with van der Waals surface area (Å²) >= 11 is 6.85. The third-order valence-corrected chi connectivity index (χ3v) is 2.65. The van der Waals surface area contributed by atoms with Gasteiger partial charge in [0.2, 0.25) is 0 Å². The maximum Gasteiger partial charge on any atom is 0.417 e. The summed E-state index contributed by atoms with van der Waals surface area (Å²) in [4.78, 5) is 0. The lowest BCUT2D eigenvalue weighted by Crippen LogP contribution is -2.06. The van der Waals surface area contributed by atoms with Gasteiger partial charge in [0.15, 0.2) is 0 Å². The van der Waals surface area contributed by atoms with Crippen LogP contribution in [0.15, 0.2) is 22.7 Å². The highest BCUT2D eigenvalue weighted by Gasteiger charge is 2.32. The molecule has 0 aliphatic carbocycles. The summed E-state index contributed by atoms with van der Waals surface area (Å²) in [5.74, 6) is 0.541. The molecule has 0 nitrogen and oxygen atoms in total. The molecule has 14 heavy (non-hydrogen) atoms. The molecular formula is C9H8BrF3S. The maximum atomic E-state index is 12.4. The molecule has 0 amide bonds. The fraction of sp³-hybridized carbons (Fsp3) is 0.333. The fourth-order valence-electron chi connectivity index (χ4n) is 1.07. The van der Waals surface area contributed by atoms with E-state index in [1.54, 1.807) is 6.07 Å². The number of hydrogen-bond acceptors (Lipinski definition) is 1. The van der Waals surface area contributed by atoms with E-state index in [2.05, 4.69) is 28.6 Å². The number of thiol groups is 1. The SMILES string of the molecule is FC(F)(F)c1cc(CCS)ccc1Br. The highest BCUT2D eigenvalue weighted by atomic mass is 79.9. The quantitative estimate of drug-likeness (QED) is 0.782. The monoisotopic (exact) mass is 284 g/mol. The van der Waals surface area contributed by atoms with Crippen molar-refractivity contribution >= 4 is 28.6 Å². The number of rotatable bonds is 2. The van der Waals surface area contributed by atoms with Crippen LogP contribution in [0.5, 0.6) is 0 Å². The van der Waals surface area contributed by atoms with Crippen molar-refractivity contribution in [1.29, 1.82) is 0 Å². The van der Waals surface area contributed by atoms with E-state index in [1.165, 1.54) is 6.07 Å². The minimum atomic E-state index is -4.30. The smallest absolute Gasteiger partial charge is 0.179 e. The second kappa shape index (κ2) is 4.57. The van der Waals surface area contributed by atoms with Gasteiger partial charge in [-0.1, -0.05) is 22.0 Å². The van der Waals surface area contributed by atoms with Crippen LogP contribution >= 0.6 is 28.6 Å². The molecule has 0 saturated carbocycles. The number of hydrogen-bond donors (Lipinski definition) is 1. The molecule has 0 radical (unpaired) electrons. The Morgan fingerprint density at radius 3 is 2.43 bits per heavy atom. The summed E-state index contributed by atoms with van der Waals surface area (Å²) in [6.07, 6.45) is -3.76. The highest BCUT2D eigenvalue weighted by molar-refractivity contribution is 9.10. The van der Waals surface area contributed by atoms with Crippen LogP contribution in [0, 0.1) is 0 Å². The number of alkyl halides is 3. The lowest BCUT2D eigenvalue weighted by molar-refractivity contribution is -0.138. The second-order valence-corrected chi connectivity index (χ2v) is 4.09. The van der Waals surface area contributed by atoms with Crippen LogP contribution in [0.2, 0.25) is 0 Å². The van der Waals surface area contributed by atoms with E-state index >= 15 is 0 Å². The van der Waals surface area contributed by atoms with Gasteiger partial charge in [-0.05, 0) is 29.9 Å². The van der Waals surface area contributed by atoms with Crippen molar-refractivity contribution in [1.82, 2.24) is 0 Å². The van der Waals surface area contributed by atoms with E-state index in [-0.39, 0.29) is 4.47 Å². The van der Waals surface area contributed by atoms with Gasteiger partial charge in [-0.3, -0.25) is 0 Å². The van der Waals surface area contributed by atoms with E-state index in [9.17, 15) is 13.2 Å². The Hall–Kier alpha value is -0.160. The van der Waals surface area contributed by atoms with Crippen LogP contribution in [0.1, 0.15) is 11.1 Å². The standard InChI is InChI=1S/C9H8BrF3S/c10-8-2-1-6(3-4-14)5-7(8)9(11,12)13/h1-2,5,14H,3-4H2. The first-order valence-corrected chi connectivity index (χ1v) is 5.34. The molecule has 0 aliphatic heterocycles. The molecule has 0 atom stereocenters. The Morgan fingerprint density at radius 2 is 1.93 bits per heavy atom. The van der Waals surface area contributed by atoms with Gasteiger partial charge in [-0.15, -0.1) is 0 Å². The Bertz CT molecular complexity index is 322. The molecule has 1 rings (SSSR count). The van der Waals surface area contributed by atoms with Crippen molar-refractivity contribution in [2.75, 3.05) is 5.75 Å². The largest absolute Gasteiger partial charge is 0.417 e. The molecule has 0 fully saturated rings. The Balaban J connectivity index is 3.09. The van der Waals surface area contributed by atoms with Gasteiger partial charge in [0, 0.05) is 4.47 Å². The summed E-state index contributed by atoms with van der Waals surface area (Å²) in [6.45, 7) is 0. The first kappa shape index (κ1) is 11.9. The van der Waals surface area contributed by atoms with E-state index in [0.717, 1.165) is 6.07 Å². The lowest BCUT2D eigenvalue weighted by Gasteiger charge is -2.10. The number of benzene rings is 1. The van der Waals surface area contributed by atoms with Gasteiger partial charge >= 0.3 is 6.18 Å². The molecule has 78 valence electrons. The molecule has 0 unspecified atom stereocenters. The van der Waals surface area contributed by atoms with E-state index < -0.39 is 11.7 Å². The van der Waals surface area contributed by atoms with Crippen LogP contribution in [0.4, 0.5) is 13.2 Å². The molecule has 1 aromatic rings. The van der Waals surface area contributed by atoms with Crippen molar-refractivity contribution in [3.05, 3.63) is 33.8 Å². The topological polar surface area (TPSA) is 0 Å². The molecule has 0 saturated heterocycles. The number of aryl methyl sites for hydroxylation is 1. The number of halogens is 4. The molecular weight excluding hydrogens is 277 g/mol. The van der Waals surface area contributed by atoms with Crippen molar-refractivity contribution in [3.63, 3.8) is 0 Å². The molecule has 0 aliphatic rings. The first-order valence-electron chi connectivity index (χ1n) is 3.91. The van der Waals surface area contributed by atoms with Gasteiger partial charge in [0.1, 0.15) is 0 Å². The predicted molar refractivity (Wildman–Crippen MR) is 56.7 cm³/mol. The van der Waals surface area contributed by atoms with Crippen molar-refractivity contribution in [2.24, 2.45) is 0 Å². The van der Waals surface area contributed by atoms with Crippen LogP contribution < -0.4 is 0 Å². The predicted octanol–water partition coefficient (Wildman–Crippen LogP) is 3.94. The van der Waals surface area contributed by atoms with Crippen LogP contribution in [-0.2, 0) is 12.6 Å². The van der Waals surface area contributed by atoms with Crippen molar-refractivity contribution < 1.29 is 13.2 Å². The average molecular weight is 285 g/mol. The molecule has 5 heteroatoms. The summed E-state index contributed by atoms with van der Waals surface area (Å²) in [5.41, 5.74) is 0.0207. The maximum absolute atomic E-state index is 12.4. The van der Waals surface area contributed by atoms with Crippen LogP contribution in [-0.4, -0.2) is 5.75 Å². The zero-order chi connectivity index (χ0) is 10.8. The zero-order valence-electron chi connectivity index (χ0n) is 7.11. The lowest BCUT2D eigenvalue weighted by atomic mass is 10.1. The van der Waals surface area contributed by atoms with E-state index in [4.69, 9.17) is 0 Å². The van der Waals surface area contributed by atoms with E-state index in [1.807, 2.05) is 0 Å². The molecule has 0 bridgehead atoms. The van der Waals surface area contributed by atoms with Gasteiger partial charge < -0.3 is 0 Å². The Labute approximate surface area is 94.0 Å². The molecule has 0 N–H and O–H groups in total. The van der Waals surface area contributed by atoms with Gasteiger partial charge in [-0.2, -0.15) is 25.8 Å². The molecule has 0 aromatic heterocycles. The summed E-state index contributed by atoms with van der Waals surface area (Å²) in [7, 11) is 0. The zero-order valence-corrected chi connectivity index (χ0v) is 9.59.